The van der Waals surface area contributed by atoms with Crippen LogP contribution in [0.1, 0.15) is 106 Å². The highest BCUT2D eigenvalue weighted by molar-refractivity contribution is 7.91. The normalized spacial score (nSPS) is 24.3. The molecule has 3 heterocycles. The number of ether oxygens (including phenoxy) is 1. The quantitative estimate of drug-likeness (QED) is 0.125. The van der Waals surface area contributed by atoms with Gasteiger partial charge in [0.05, 0.1) is 32.5 Å². The number of pyridine rings is 1. The third kappa shape index (κ3) is 9.29. The fourth-order valence-corrected chi connectivity index (χ4v) is 11.5. The number of nitro groups is 1. The van der Waals surface area contributed by atoms with Gasteiger partial charge in [-0.2, -0.15) is 0 Å². The van der Waals surface area contributed by atoms with Gasteiger partial charge in [-0.3, -0.25) is 24.7 Å². The fourth-order valence-electron chi connectivity index (χ4n) is 10.0. The van der Waals surface area contributed by atoms with E-state index in [2.05, 4.69) is 63.1 Å². The second kappa shape index (κ2) is 17.4. The lowest BCUT2D eigenvalue weighted by Gasteiger charge is -2.58. The van der Waals surface area contributed by atoms with Crippen LogP contribution in [0.5, 0.6) is 0 Å². The number of nitrogens with two attached hydrogens (primary N) is 1. The highest BCUT2D eigenvalue weighted by Gasteiger charge is 2.50. The molecule has 2 aliphatic heterocycles. The van der Waals surface area contributed by atoms with Gasteiger partial charge in [-0.15, -0.1) is 0 Å². The number of piperazine rings is 1. The minimum atomic E-state index is -4.45. The van der Waals surface area contributed by atoms with Crippen molar-refractivity contribution in [1.29, 1.82) is 0 Å². The Morgan fingerprint density at radius 2 is 1.78 bits per heavy atom. The summed E-state index contributed by atoms with van der Waals surface area (Å²) in [5.41, 5.74) is 8.05. The molecule has 2 aliphatic carbocycles. The molecule has 320 valence electrons. The van der Waals surface area contributed by atoms with Crippen LogP contribution in [0.15, 0.2) is 64.5 Å². The SMILES string of the molecule is COCCN1CCN(C2CC3(CCN(c4ccc(C(N)=O)c(S(=O)(=O)c5cnc(NCC6CCC(C)(O)CC6)c([N+](=O)[O-])c5)c4)CC3)C2)[C@H](c2ccccc2C(C)C)C1. The van der Waals surface area contributed by atoms with Gasteiger partial charge in [0.15, 0.2) is 0 Å². The molecule has 1 aromatic heterocycles. The van der Waals surface area contributed by atoms with Crippen molar-refractivity contribution in [3.63, 3.8) is 0 Å². The van der Waals surface area contributed by atoms with Crippen LogP contribution in [0.2, 0.25) is 0 Å². The van der Waals surface area contributed by atoms with Crippen molar-refractivity contribution in [2.45, 2.75) is 106 Å². The molecule has 4 N–H and O–H groups in total. The van der Waals surface area contributed by atoms with Crippen molar-refractivity contribution >= 4 is 32.9 Å². The molecule has 3 aromatic rings. The number of primary amides is 1. The van der Waals surface area contributed by atoms with Crippen LogP contribution < -0.4 is 16.0 Å². The second-order valence-electron chi connectivity index (χ2n) is 18.0. The van der Waals surface area contributed by atoms with E-state index in [4.69, 9.17) is 10.5 Å². The highest BCUT2D eigenvalue weighted by Crippen LogP contribution is 2.53. The first-order valence-electron chi connectivity index (χ1n) is 21.2. The number of amides is 1. The van der Waals surface area contributed by atoms with Crippen LogP contribution in [-0.4, -0.2) is 110 Å². The number of rotatable bonds is 14. The molecule has 59 heavy (non-hydrogen) atoms. The van der Waals surface area contributed by atoms with Crippen LogP contribution in [0.25, 0.3) is 0 Å². The Labute approximate surface area is 348 Å². The number of nitrogens with one attached hydrogen (secondary N) is 1. The molecule has 1 atom stereocenters. The molecule has 0 bridgehead atoms. The average Bonchev–Trinajstić information content (AvgIpc) is 3.21. The van der Waals surface area contributed by atoms with Crippen LogP contribution in [-0.2, 0) is 14.6 Å². The average molecular weight is 832 g/mol. The molecule has 0 unspecified atom stereocenters. The zero-order valence-corrected chi connectivity index (χ0v) is 35.8. The number of carbonyl (C=O) groups is 1. The molecule has 1 spiro atoms. The van der Waals surface area contributed by atoms with Crippen molar-refractivity contribution in [3.8, 4) is 0 Å². The summed E-state index contributed by atoms with van der Waals surface area (Å²) in [6.07, 6.45) is 8.06. The number of anilines is 2. The number of hydrogen-bond acceptors (Lipinski definition) is 12. The maximum absolute atomic E-state index is 14.2. The minimum absolute atomic E-state index is 0.0316. The summed E-state index contributed by atoms with van der Waals surface area (Å²) in [6.45, 7) is 12.9. The van der Waals surface area contributed by atoms with Crippen LogP contribution >= 0.6 is 0 Å². The van der Waals surface area contributed by atoms with E-state index in [9.17, 15) is 28.4 Å². The fraction of sp³-hybridized carbons (Fsp3) is 0.591. The molecule has 2 saturated carbocycles. The van der Waals surface area contributed by atoms with E-state index in [0.717, 1.165) is 96.7 Å². The van der Waals surface area contributed by atoms with Gasteiger partial charge in [-0.25, -0.2) is 13.4 Å². The zero-order valence-electron chi connectivity index (χ0n) is 34.9. The molecule has 15 heteroatoms. The Morgan fingerprint density at radius 3 is 2.44 bits per heavy atom. The van der Waals surface area contributed by atoms with E-state index in [1.165, 1.54) is 23.3 Å². The number of aromatic nitrogens is 1. The molecule has 1 amide bonds. The van der Waals surface area contributed by atoms with E-state index in [1.807, 2.05) is 6.92 Å². The van der Waals surface area contributed by atoms with E-state index < -0.39 is 36.9 Å². The molecular formula is C44H61N7O7S. The molecule has 7 rings (SSSR count). The Balaban J connectivity index is 1.04. The van der Waals surface area contributed by atoms with Crippen LogP contribution in [0.4, 0.5) is 17.2 Å². The van der Waals surface area contributed by atoms with E-state index in [-0.39, 0.29) is 27.6 Å². The lowest BCUT2D eigenvalue weighted by Crippen LogP contribution is -2.60. The third-order valence-corrected chi connectivity index (χ3v) is 15.5. The first-order valence-corrected chi connectivity index (χ1v) is 22.7. The van der Waals surface area contributed by atoms with Gasteiger partial charge >= 0.3 is 5.69 Å². The number of carbonyl (C=O) groups excluding carboxylic acids is 1. The summed E-state index contributed by atoms with van der Waals surface area (Å²) in [5, 5.41) is 25.5. The van der Waals surface area contributed by atoms with Gasteiger partial charge in [0.25, 0.3) is 0 Å². The molecule has 0 radical (unpaired) electrons. The molecular weight excluding hydrogens is 771 g/mol. The van der Waals surface area contributed by atoms with Crippen LogP contribution in [0, 0.1) is 21.4 Å². The number of hydrogen-bond donors (Lipinski definition) is 3. The van der Waals surface area contributed by atoms with Crippen molar-refractivity contribution < 1.29 is 28.0 Å². The molecule has 4 fully saturated rings. The lowest BCUT2D eigenvalue weighted by molar-refractivity contribution is -0.384. The Morgan fingerprint density at radius 1 is 1.07 bits per heavy atom. The van der Waals surface area contributed by atoms with E-state index in [0.29, 0.717) is 43.1 Å². The van der Waals surface area contributed by atoms with Gasteiger partial charge < -0.3 is 25.8 Å². The smallest absolute Gasteiger partial charge is 0.312 e. The monoisotopic (exact) mass is 831 g/mol. The van der Waals surface area contributed by atoms with Gasteiger partial charge in [-0.05, 0) is 105 Å². The third-order valence-electron chi connectivity index (χ3n) is 13.7. The first kappa shape index (κ1) is 43.0. The standard InChI is InChI=1S/C44H61N7O7S/c1-30(2)35-7-5-6-8-36(35)39-29-48(21-22-58-4)19-20-50(39)33-25-44(26-33)15-17-49(18-16-44)32-9-10-37(41(45)52)40(23-32)59(56,57)34-24-38(51(54)55)42(47-28-34)46-27-31-11-13-43(3,53)14-12-31/h5-10,23-24,28,30-31,33,39,53H,11-22,25-27,29H2,1-4H3,(H2,45,52)(H,46,47)/t31?,39-,43?/m0/s1. The predicted molar refractivity (Wildman–Crippen MR) is 228 cm³/mol. The number of benzene rings is 2. The number of sulfone groups is 1. The van der Waals surface area contributed by atoms with Crippen LogP contribution in [0.3, 0.4) is 0 Å². The Bertz CT molecular complexity index is 2100. The van der Waals surface area contributed by atoms with Gasteiger partial charge in [0, 0.05) is 83.0 Å². The molecule has 14 nitrogen and oxygen atoms in total. The number of piperidine rings is 1. The Hall–Kier alpha value is -4.15. The maximum atomic E-state index is 14.2. The largest absolute Gasteiger partial charge is 0.390 e. The summed E-state index contributed by atoms with van der Waals surface area (Å²) in [5.74, 6) is -0.318. The lowest BCUT2D eigenvalue weighted by atomic mass is 9.59. The zero-order chi connectivity index (χ0) is 42.1. The number of aliphatic hydroxyl groups is 1. The van der Waals surface area contributed by atoms with Crippen molar-refractivity contribution in [2.75, 3.05) is 69.7 Å². The maximum Gasteiger partial charge on any atom is 0.312 e. The first-order chi connectivity index (χ1) is 28.1. The summed E-state index contributed by atoms with van der Waals surface area (Å²) in [7, 11) is -2.68. The number of methoxy groups -OCH3 is 1. The summed E-state index contributed by atoms with van der Waals surface area (Å²) in [4.78, 5) is 35.1. The second-order valence-corrected chi connectivity index (χ2v) is 20.0. The molecule has 4 aliphatic rings. The van der Waals surface area contributed by atoms with Crippen molar-refractivity contribution in [3.05, 3.63) is 81.5 Å². The van der Waals surface area contributed by atoms with Crippen molar-refractivity contribution in [2.24, 2.45) is 17.1 Å². The topological polar surface area (TPSA) is 184 Å². The minimum Gasteiger partial charge on any atom is -0.390 e. The summed E-state index contributed by atoms with van der Waals surface area (Å²) < 4.78 is 33.8. The predicted octanol–water partition coefficient (Wildman–Crippen LogP) is 6.15. The summed E-state index contributed by atoms with van der Waals surface area (Å²) in [6, 6.07) is 15.4. The molecule has 2 aromatic carbocycles. The highest BCUT2D eigenvalue weighted by atomic mass is 32.2. The van der Waals surface area contributed by atoms with Gasteiger partial charge in [-0.1, -0.05) is 38.1 Å². The van der Waals surface area contributed by atoms with E-state index in [1.54, 1.807) is 13.2 Å². The van der Waals surface area contributed by atoms with Gasteiger partial charge in [0.1, 0.15) is 0 Å². The van der Waals surface area contributed by atoms with E-state index >= 15 is 0 Å². The van der Waals surface area contributed by atoms with Crippen molar-refractivity contribution in [1.82, 2.24) is 14.8 Å². The number of nitrogens with zero attached hydrogens (tertiary/aromatic N) is 5. The summed E-state index contributed by atoms with van der Waals surface area (Å²) >= 11 is 0. The van der Waals surface area contributed by atoms with Gasteiger partial charge in [0.2, 0.25) is 21.6 Å². The Kier molecular flexibility index (Phi) is 12.7. The molecule has 2 saturated heterocycles.